The number of benzene rings is 3. The van der Waals surface area contributed by atoms with Gasteiger partial charge in [-0.1, -0.05) is 47.5 Å². The molecular formula is C36H33ClFN3O5. The van der Waals surface area contributed by atoms with E-state index >= 15 is 4.79 Å². The van der Waals surface area contributed by atoms with Crippen molar-refractivity contribution in [1.82, 2.24) is 9.91 Å². The van der Waals surface area contributed by atoms with E-state index in [0.29, 0.717) is 33.8 Å². The number of phenolic OH excluding ortho intramolecular Hbond substituents is 1. The normalized spacial score (nSPS) is 28.6. The zero-order valence-electron chi connectivity index (χ0n) is 25.6. The molecule has 8 nitrogen and oxygen atoms in total. The molecular weight excluding hydrogens is 609 g/mol. The molecule has 2 N–H and O–H groups in total. The van der Waals surface area contributed by atoms with Crippen molar-refractivity contribution in [3.8, 4) is 5.75 Å². The van der Waals surface area contributed by atoms with Crippen molar-refractivity contribution in [1.29, 1.82) is 0 Å². The number of nitrogens with zero attached hydrogens (tertiary/aromatic N) is 2. The van der Waals surface area contributed by atoms with Crippen LogP contribution in [0, 0.1) is 43.3 Å². The van der Waals surface area contributed by atoms with Crippen molar-refractivity contribution in [2.75, 3.05) is 12.0 Å². The summed E-state index contributed by atoms with van der Waals surface area (Å²) in [5.41, 5.74) is 5.19. The minimum atomic E-state index is -1.46. The van der Waals surface area contributed by atoms with Crippen LogP contribution in [0.25, 0.3) is 0 Å². The average Bonchev–Trinajstić information content (AvgIpc) is 3.41. The SMILES string of the molecule is CCN1C(=O)[C@H]2[C@H](CC=C3[C@H]2C[C@H]2C(=O)N(Nc4ccc(F)cc4)C(=O)[C@@]2(c2ccc(Cl)cc2)[C@H]3c2cc(C)c(O)c(C)c2)C1=O. The van der Waals surface area contributed by atoms with Crippen molar-refractivity contribution >= 4 is 40.9 Å². The number of carbonyl (C=O) groups is 4. The summed E-state index contributed by atoms with van der Waals surface area (Å²) in [4.78, 5) is 58.1. The van der Waals surface area contributed by atoms with Crippen LogP contribution in [0.4, 0.5) is 10.1 Å². The van der Waals surface area contributed by atoms with Crippen LogP contribution in [-0.2, 0) is 24.6 Å². The van der Waals surface area contributed by atoms with Crippen molar-refractivity contribution in [3.05, 3.63) is 105 Å². The minimum absolute atomic E-state index is 0.134. The second-order valence-electron chi connectivity index (χ2n) is 12.8. The number of aromatic hydroxyl groups is 1. The van der Waals surface area contributed by atoms with Gasteiger partial charge in [-0.25, -0.2) is 4.39 Å². The number of allylic oxidation sites excluding steroid dienone is 2. The first-order chi connectivity index (χ1) is 22.0. The number of hydrogen-bond acceptors (Lipinski definition) is 6. The van der Waals surface area contributed by atoms with Crippen LogP contribution in [0.3, 0.4) is 0 Å². The van der Waals surface area contributed by atoms with Gasteiger partial charge in [0.15, 0.2) is 0 Å². The Morgan fingerprint density at radius 2 is 1.59 bits per heavy atom. The third kappa shape index (κ3) is 4.17. The van der Waals surface area contributed by atoms with Crippen LogP contribution in [0.1, 0.15) is 47.9 Å². The van der Waals surface area contributed by atoms with Gasteiger partial charge >= 0.3 is 0 Å². The van der Waals surface area contributed by atoms with Gasteiger partial charge in [0.2, 0.25) is 11.8 Å². The van der Waals surface area contributed by atoms with E-state index in [4.69, 9.17) is 11.6 Å². The molecule has 46 heavy (non-hydrogen) atoms. The van der Waals surface area contributed by atoms with Crippen molar-refractivity contribution in [3.63, 3.8) is 0 Å². The number of phenols is 1. The number of anilines is 1. The monoisotopic (exact) mass is 641 g/mol. The maximum atomic E-state index is 15.1. The Hall–Kier alpha value is -4.50. The summed E-state index contributed by atoms with van der Waals surface area (Å²) in [5, 5.41) is 12.2. The van der Waals surface area contributed by atoms with Gasteiger partial charge in [0, 0.05) is 17.5 Å². The molecule has 10 heteroatoms. The van der Waals surface area contributed by atoms with Gasteiger partial charge in [0.1, 0.15) is 11.6 Å². The highest BCUT2D eigenvalue weighted by atomic mass is 35.5. The fraction of sp³-hybridized carbons (Fsp3) is 0.333. The Morgan fingerprint density at radius 1 is 0.935 bits per heavy atom. The number of aryl methyl sites for hydroxylation is 2. The van der Waals surface area contributed by atoms with Gasteiger partial charge in [-0.3, -0.25) is 29.5 Å². The number of fused-ring (bicyclic) bond motifs is 4. The summed E-state index contributed by atoms with van der Waals surface area (Å²) in [6.07, 6.45) is 2.51. The highest BCUT2D eigenvalue weighted by molar-refractivity contribution is 6.30. The Balaban J connectivity index is 1.48. The average molecular weight is 642 g/mol. The second kappa shape index (κ2) is 10.8. The van der Waals surface area contributed by atoms with E-state index in [9.17, 15) is 23.9 Å². The van der Waals surface area contributed by atoms with Gasteiger partial charge in [0.25, 0.3) is 11.8 Å². The van der Waals surface area contributed by atoms with Gasteiger partial charge in [-0.2, -0.15) is 5.01 Å². The molecule has 0 unspecified atom stereocenters. The van der Waals surface area contributed by atoms with Crippen LogP contribution in [0.2, 0.25) is 5.02 Å². The van der Waals surface area contributed by atoms with Crippen molar-refractivity contribution < 1.29 is 28.7 Å². The zero-order valence-corrected chi connectivity index (χ0v) is 26.3. The largest absolute Gasteiger partial charge is 0.507 e. The summed E-state index contributed by atoms with van der Waals surface area (Å²) in [7, 11) is 0. The number of imide groups is 2. The predicted molar refractivity (Wildman–Crippen MR) is 169 cm³/mol. The number of rotatable bonds is 5. The highest BCUT2D eigenvalue weighted by Crippen LogP contribution is 2.64. The van der Waals surface area contributed by atoms with Gasteiger partial charge in [0.05, 0.1) is 28.9 Å². The maximum absolute atomic E-state index is 15.1. The lowest BCUT2D eigenvalue weighted by Gasteiger charge is -2.50. The minimum Gasteiger partial charge on any atom is -0.507 e. The molecule has 3 aromatic carbocycles. The number of likely N-dealkylation sites (tertiary alicyclic amines) is 1. The predicted octanol–water partition coefficient (Wildman–Crippen LogP) is 5.81. The van der Waals surface area contributed by atoms with E-state index in [1.54, 1.807) is 45.0 Å². The lowest BCUT2D eigenvalue weighted by atomic mass is 9.49. The summed E-state index contributed by atoms with van der Waals surface area (Å²) < 4.78 is 13.8. The maximum Gasteiger partial charge on any atom is 0.260 e. The van der Waals surface area contributed by atoms with Crippen LogP contribution in [0.5, 0.6) is 5.75 Å². The quantitative estimate of drug-likeness (QED) is 0.269. The molecule has 2 heterocycles. The molecule has 2 saturated heterocycles. The van der Waals surface area contributed by atoms with E-state index in [0.717, 1.165) is 16.1 Å². The fourth-order valence-electron chi connectivity index (χ4n) is 8.56. The van der Waals surface area contributed by atoms with Crippen LogP contribution in [0.15, 0.2) is 72.3 Å². The summed E-state index contributed by atoms with van der Waals surface area (Å²) in [5.74, 6) is -5.05. The van der Waals surface area contributed by atoms with E-state index in [2.05, 4.69) is 5.43 Å². The molecule has 2 aliphatic carbocycles. The molecule has 4 amide bonds. The number of carbonyl (C=O) groups excluding carboxylic acids is 4. The molecule has 4 aliphatic rings. The number of amides is 4. The molecule has 1 saturated carbocycles. The molecule has 0 radical (unpaired) electrons. The highest BCUT2D eigenvalue weighted by Gasteiger charge is 2.70. The summed E-state index contributed by atoms with van der Waals surface area (Å²) in [6.45, 7) is 5.60. The third-order valence-corrected chi connectivity index (χ3v) is 10.8. The third-order valence-electron chi connectivity index (χ3n) is 10.5. The first-order valence-electron chi connectivity index (χ1n) is 15.5. The molecule has 7 rings (SSSR count). The molecule has 236 valence electrons. The molecule has 3 aromatic rings. The number of nitrogens with one attached hydrogen (secondary N) is 1. The number of hydrogen-bond donors (Lipinski definition) is 2. The molecule has 0 aromatic heterocycles. The van der Waals surface area contributed by atoms with E-state index < -0.39 is 52.6 Å². The molecule has 0 bridgehead atoms. The zero-order chi connectivity index (χ0) is 32.7. The number of hydrazine groups is 1. The van der Waals surface area contributed by atoms with Gasteiger partial charge in [-0.05, 0) is 98.2 Å². The lowest BCUT2D eigenvalue weighted by Crippen LogP contribution is -2.53. The Bertz CT molecular complexity index is 1820. The topological polar surface area (TPSA) is 107 Å². The number of halogens is 2. The Morgan fingerprint density at radius 3 is 2.22 bits per heavy atom. The van der Waals surface area contributed by atoms with Crippen LogP contribution >= 0.6 is 11.6 Å². The van der Waals surface area contributed by atoms with Gasteiger partial charge < -0.3 is 5.11 Å². The smallest absolute Gasteiger partial charge is 0.260 e. The molecule has 2 aliphatic heterocycles. The summed E-state index contributed by atoms with van der Waals surface area (Å²) in [6, 6.07) is 16.0. The fourth-order valence-corrected chi connectivity index (χ4v) is 8.69. The van der Waals surface area contributed by atoms with Gasteiger partial charge in [-0.15, -0.1) is 0 Å². The standard InChI is InChI=1S/C36H33ClFN3O5/c1-4-40-32(43)26-14-13-25-27(29(26)34(40)45)17-28-33(44)41(39-24-11-9-23(38)10-12-24)35(46)36(28,21-5-7-22(37)8-6-21)30(25)20-15-18(2)31(42)19(3)16-20/h5-13,15-16,26-30,39,42H,4,14,17H2,1-3H3/t26-,27+,28-,29-,30-,36+/m0/s1. The molecule has 0 spiro atoms. The van der Waals surface area contributed by atoms with Crippen molar-refractivity contribution in [2.45, 2.75) is 44.9 Å². The first-order valence-corrected chi connectivity index (χ1v) is 15.9. The second-order valence-corrected chi connectivity index (χ2v) is 13.2. The molecule has 3 fully saturated rings. The lowest BCUT2D eigenvalue weighted by molar-refractivity contribution is -0.141. The Kier molecular flexibility index (Phi) is 7.08. The van der Waals surface area contributed by atoms with E-state index in [-0.39, 0.29) is 30.5 Å². The molecule has 6 atom stereocenters. The first kappa shape index (κ1) is 30.2. The van der Waals surface area contributed by atoms with E-state index in [1.807, 2.05) is 18.2 Å². The van der Waals surface area contributed by atoms with Crippen LogP contribution in [-0.4, -0.2) is 45.2 Å². The van der Waals surface area contributed by atoms with E-state index in [1.165, 1.54) is 29.2 Å². The summed E-state index contributed by atoms with van der Waals surface area (Å²) >= 11 is 6.33. The van der Waals surface area contributed by atoms with Crippen molar-refractivity contribution in [2.24, 2.45) is 23.7 Å². The van der Waals surface area contributed by atoms with Crippen LogP contribution < -0.4 is 5.43 Å². The Labute approximate surface area is 270 Å².